The minimum Gasteiger partial charge on any atom is -0.390 e. The van der Waals surface area contributed by atoms with Crippen LogP contribution in [0.4, 0.5) is 20.5 Å². The number of ether oxygens (including phenoxy) is 1. The maximum Gasteiger partial charge on any atom is 0.250 e. The maximum atomic E-state index is 14.1. The number of rotatable bonds is 9. The average molecular weight is 535 g/mol. The van der Waals surface area contributed by atoms with Crippen molar-refractivity contribution < 1.29 is 23.7 Å². The number of aryl methyl sites for hydroxylation is 1. The first-order valence-corrected chi connectivity index (χ1v) is 13.3. The molecule has 0 amide bonds. The molecule has 5 rings (SSSR count). The van der Waals surface area contributed by atoms with Crippen LogP contribution in [0.1, 0.15) is 50.4 Å². The fourth-order valence-corrected chi connectivity index (χ4v) is 6.07. The minimum absolute atomic E-state index is 0.0835. The third-order valence-corrected chi connectivity index (χ3v) is 8.09. The van der Waals surface area contributed by atoms with Gasteiger partial charge in [-0.15, -0.1) is 11.3 Å². The molecule has 9 nitrogen and oxygen atoms in total. The molecule has 3 aromatic rings. The second-order valence-electron chi connectivity index (χ2n) is 10.2. The third-order valence-electron chi connectivity index (χ3n) is 7.05. The second-order valence-corrected chi connectivity index (χ2v) is 11.3. The number of pyridine rings is 1. The summed E-state index contributed by atoms with van der Waals surface area (Å²) in [5.41, 5.74) is 3.10. The Morgan fingerprint density at radius 1 is 1.22 bits per heavy atom. The number of thiazole rings is 1. The first kappa shape index (κ1) is 26.1. The number of aliphatic hydroxyl groups is 2. The summed E-state index contributed by atoms with van der Waals surface area (Å²) >= 11 is 1.49. The number of fused-ring (bicyclic) bond motifs is 1. The van der Waals surface area contributed by atoms with E-state index >= 15 is 0 Å². The van der Waals surface area contributed by atoms with Crippen molar-refractivity contribution in [2.45, 2.75) is 76.2 Å². The molecule has 3 heterocycles. The van der Waals surface area contributed by atoms with Crippen LogP contribution in [0.2, 0.25) is 0 Å². The van der Waals surface area contributed by atoms with Gasteiger partial charge >= 0.3 is 0 Å². The summed E-state index contributed by atoms with van der Waals surface area (Å²) in [5, 5.41) is 28.0. The Bertz CT molecular complexity index is 1280. The molecule has 2 aliphatic carbocycles. The highest BCUT2D eigenvalue weighted by Gasteiger charge is 2.51. The Labute approximate surface area is 217 Å². The van der Waals surface area contributed by atoms with Gasteiger partial charge < -0.3 is 25.6 Å². The number of anilines is 2. The van der Waals surface area contributed by atoms with E-state index in [1.807, 2.05) is 19.9 Å². The van der Waals surface area contributed by atoms with Crippen molar-refractivity contribution in [1.29, 1.82) is 0 Å². The van der Waals surface area contributed by atoms with E-state index < -0.39 is 30.1 Å². The van der Waals surface area contributed by atoms with Crippen LogP contribution >= 0.6 is 11.3 Å². The second kappa shape index (κ2) is 9.97. The van der Waals surface area contributed by atoms with Gasteiger partial charge in [0.15, 0.2) is 0 Å². The predicted octanol–water partition coefficient (Wildman–Crippen LogP) is 3.96. The average Bonchev–Trinajstić information content (AvgIpc) is 3.51. The van der Waals surface area contributed by atoms with Crippen LogP contribution in [0.15, 0.2) is 12.3 Å². The Hall–Kier alpha value is -2.54. The van der Waals surface area contributed by atoms with Crippen LogP contribution in [0.25, 0.3) is 20.8 Å². The first-order chi connectivity index (χ1) is 17.6. The van der Waals surface area contributed by atoms with Gasteiger partial charge in [-0.2, -0.15) is 4.98 Å². The fourth-order valence-electron chi connectivity index (χ4n) is 5.00. The van der Waals surface area contributed by atoms with Crippen molar-refractivity contribution in [3.63, 3.8) is 0 Å². The number of methoxy groups -OCH3 is 1. The lowest BCUT2D eigenvalue weighted by Gasteiger charge is -2.22. The molecular weight excluding hydrogens is 502 g/mol. The van der Waals surface area contributed by atoms with Gasteiger partial charge in [-0.25, -0.2) is 18.7 Å². The lowest BCUT2D eigenvalue weighted by atomic mass is 9.98. The lowest BCUT2D eigenvalue weighted by Crippen LogP contribution is -2.38. The van der Waals surface area contributed by atoms with E-state index in [4.69, 9.17) is 9.72 Å². The van der Waals surface area contributed by atoms with Gasteiger partial charge in [0.25, 0.3) is 5.92 Å². The van der Waals surface area contributed by atoms with Crippen LogP contribution in [-0.2, 0) is 4.74 Å². The molecule has 2 fully saturated rings. The van der Waals surface area contributed by atoms with E-state index in [9.17, 15) is 19.0 Å². The predicted molar refractivity (Wildman–Crippen MR) is 138 cm³/mol. The summed E-state index contributed by atoms with van der Waals surface area (Å²) in [6.07, 6.45) is 0.929. The smallest absolute Gasteiger partial charge is 0.250 e. The molecule has 0 saturated heterocycles. The molecule has 3 aromatic heterocycles. The highest BCUT2D eigenvalue weighted by Crippen LogP contribution is 2.45. The molecule has 0 radical (unpaired) electrons. The summed E-state index contributed by atoms with van der Waals surface area (Å²) in [4.78, 5) is 18.8. The van der Waals surface area contributed by atoms with Crippen molar-refractivity contribution >= 4 is 33.3 Å². The number of aromatic nitrogens is 4. The van der Waals surface area contributed by atoms with Gasteiger partial charge in [-0.3, -0.25) is 4.98 Å². The van der Waals surface area contributed by atoms with Crippen molar-refractivity contribution in [2.24, 2.45) is 5.92 Å². The number of halogens is 2. The van der Waals surface area contributed by atoms with E-state index in [1.165, 1.54) is 11.3 Å². The Kier molecular flexibility index (Phi) is 7.03. The molecule has 4 N–H and O–H groups in total. The fraction of sp³-hybridized carbons (Fsp3) is 0.600. The summed E-state index contributed by atoms with van der Waals surface area (Å²) in [7, 11) is 1.60. The van der Waals surface area contributed by atoms with Gasteiger partial charge in [0.05, 0.1) is 46.3 Å². The van der Waals surface area contributed by atoms with Crippen LogP contribution in [0.3, 0.4) is 0 Å². The number of alkyl halides is 2. The largest absolute Gasteiger partial charge is 0.390 e. The topological polar surface area (TPSA) is 125 Å². The third kappa shape index (κ3) is 5.25. The lowest BCUT2D eigenvalue weighted by molar-refractivity contribution is -0.0950. The molecular formula is C25H32F2N6O3S. The molecule has 0 aliphatic heterocycles. The van der Waals surface area contributed by atoms with Crippen molar-refractivity contribution in [2.75, 3.05) is 24.4 Å². The monoisotopic (exact) mass is 534 g/mol. The van der Waals surface area contributed by atoms with Crippen molar-refractivity contribution in [3.8, 4) is 10.6 Å². The Balaban J connectivity index is 1.55. The Morgan fingerprint density at radius 3 is 2.62 bits per heavy atom. The number of aliphatic hydroxyl groups excluding tert-OH is 2. The normalized spacial score (nSPS) is 25.0. The van der Waals surface area contributed by atoms with Crippen molar-refractivity contribution in [1.82, 2.24) is 19.9 Å². The Morgan fingerprint density at radius 2 is 1.97 bits per heavy atom. The molecule has 0 bridgehead atoms. The molecule has 5 atom stereocenters. The quantitative estimate of drug-likeness (QED) is 0.323. The van der Waals surface area contributed by atoms with Crippen LogP contribution in [0, 0.1) is 12.8 Å². The minimum atomic E-state index is -3.14. The van der Waals surface area contributed by atoms with Crippen molar-refractivity contribution in [3.05, 3.63) is 23.7 Å². The summed E-state index contributed by atoms with van der Waals surface area (Å²) in [6, 6.07) is 1.01. The van der Waals surface area contributed by atoms with E-state index in [0.29, 0.717) is 40.6 Å². The van der Waals surface area contributed by atoms with E-state index in [2.05, 4.69) is 25.6 Å². The molecule has 5 unspecified atom stereocenters. The molecule has 37 heavy (non-hydrogen) atoms. The van der Waals surface area contributed by atoms with Gasteiger partial charge in [-0.1, -0.05) is 0 Å². The zero-order chi connectivity index (χ0) is 26.5. The van der Waals surface area contributed by atoms with E-state index in [1.54, 1.807) is 13.3 Å². The summed E-state index contributed by atoms with van der Waals surface area (Å²) in [5.74, 6) is -3.40. The standard InChI is InChI=1S/C25H32F2N6O3S/c1-11(10-36-4)29-24-30-12(2)17(23-32-19-16(37-23)7-8-28-18(19)13-5-6-13)22(33-24)31-15-9-14(25(3,26)27)20(34)21(15)35/h7-8,11,13-15,20-21,34-35H,5-6,9-10H2,1-4H3,(H2,29,30,31,33). The summed E-state index contributed by atoms with van der Waals surface area (Å²) < 4.78 is 34.4. The summed E-state index contributed by atoms with van der Waals surface area (Å²) in [6.45, 7) is 4.96. The molecule has 2 saturated carbocycles. The molecule has 12 heteroatoms. The number of nitrogens with zero attached hydrogens (tertiary/aromatic N) is 4. The van der Waals surface area contributed by atoms with Gasteiger partial charge in [0, 0.05) is 25.3 Å². The number of hydrogen-bond donors (Lipinski definition) is 4. The SMILES string of the molecule is COCC(C)Nc1nc(C)c(-c2nc3c(C4CC4)nccc3s2)c(NC2CC(C(C)(F)F)C(O)C2O)n1. The molecule has 2 aliphatic rings. The molecule has 200 valence electrons. The molecule has 0 aromatic carbocycles. The van der Waals surface area contributed by atoms with Gasteiger partial charge in [-0.05, 0) is 46.1 Å². The highest BCUT2D eigenvalue weighted by atomic mass is 32.1. The van der Waals surface area contributed by atoms with Crippen LogP contribution in [-0.4, -0.2) is 74.1 Å². The van der Waals surface area contributed by atoms with E-state index in [-0.39, 0.29) is 12.5 Å². The van der Waals surface area contributed by atoms with Gasteiger partial charge in [0.1, 0.15) is 22.4 Å². The van der Waals surface area contributed by atoms with E-state index in [0.717, 1.165) is 35.7 Å². The zero-order valence-corrected chi connectivity index (χ0v) is 22.0. The van der Waals surface area contributed by atoms with Gasteiger partial charge in [0.2, 0.25) is 5.95 Å². The zero-order valence-electron chi connectivity index (χ0n) is 21.2. The molecule has 0 spiro atoms. The van der Waals surface area contributed by atoms with Crippen LogP contribution < -0.4 is 10.6 Å². The number of hydrogen-bond acceptors (Lipinski definition) is 10. The number of nitrogens with one attached hydrogen (secondary N) is 2. The highest BCUT2D eigenvalue weighted by molar-refractivity contribution is 7.21. The first-order valence-electron chi connectivity index (χ1n) is 12.5. The maximum absolute atomic E-state index is 14.1. The van der Waals surface area contributed by atoms with Crippen LogP contribution in [0.5, 0.6) is 0 Å².